The molecule has 0 spiro atoms. The van der Waals surface area contributed by atoms with Gasteiger partial charge in [0.1, 0.15) is 12.7 Å². The summed E-state index contributed by atoms with van der Waals surface area (Å²) in [4.78, 5) is 0. The van der Waals surface area contributed by atoms with E-state index in [9.17, 15) is 5.11 Å². The van der Waals surface area contributed by atoms with Crippen LogP contribution in [-0.4, -0.2) is 36.5 Å². The van der Waals surface area contributed by atoms with Gasteiger partial charge in [-0.25, -0.2) is 0 Å². The second kappa shape index (κ2) is 6.78. The van der Waals surface area contributed by atoms with Crippen molar-refractivity contribution >= 4 is 0 Å². The van der Waals surface area contributed by atoms with Crippen molar-refractivity contribution in [2.24, 2.45) is 0 Å². The van der Waals surface area contributed by atoms with Crippen LogP contribution < -0.4 is 14.8 Å². The summed E-state index contributed by atoms with van der Waals surface area (Å²) in [5.41, 5.74) is -0.0369. The Morgan fingerprint density at radius 2 is 1.79 bits per heavy atom. The summed E-state index contributed by atoms with van der Waals surface area (Å²) >= 11 is 0. The zero-order valence-electron chi connectivity index (χ0n) is 12.4. The number of hydrogen-bond donors (Lipinski definition) is 2. The first kappa shape index (κ1) is 15.8. The van der Waals surface area contributed by atoms with E-state index in [1.165, 1.54) is 0 Å². The molecular formula is C15H25NO3. The van der Waals surface area contributed by atoms with Crippen LogP contribution in [0.1, 0.15) is 27.7 Å². The van der Waals surface area contributed by atoms with Crippen LogP contribution >= 0.6 is 0 Å². The smallest absolute Gasteiger partial charge is 0.161 e. The Kier molecular flexibility index (Phi) is 5.63. The third kappa shape index (κ3) is 5.49. The Morgan fingerprint density at radius 1 is 1.21 bits per heavy atom. The Bertz CT molecular complexity index is 387. The van der Waals surface area contributed by atoms with Gasteiger partial charge in [0, 0.05) is 11.6 Å². The predicted octanol–water partition coefficient (Wildman–Crippen LogP) is 2.21. The quantitative estimate of drug-likeness (QED) is 0.829. The van der Waals surface area contributed by atoms with Crippen LogP contribution in [0.25, 0.3) is 0 Å². The maximum atomic E-state index is 10.1. The lowest BCUT2D eigenvalue weighted by Crippen LogP contribution is -2.49. The first-order valence-electron chi connectivity index (χ1n) is 6.55. The van der Waals surface area contributed by atoms with E-state index in [0.717, 1.165) is 0 Å². The molecule has 0 saturated carbocycles. The molecule has 1 rings (SSSR count). The van der Waals surface area contributed by atoms with Gasteiger partial charge >= 0.3 is 0 Å². The highest BCUT2D eigenvalue weighted by Crippen LogP contribution is 2.25. The Labute approximate surface area is 115 Å². The molecule has 0 aliphatic carbocycles. The lowest BCUT2D eigenvalue weighted by Gasteiger charge is -2.29. The normalized spacial score (nSPS) is 14.8. The molecule has 4 heteroatoms. The maximum absolute atomic E-state index is 10.1. The molecule has 1 aromatic carbocycles. The van der Waals surface area contributed by atoms with Gasteiger partial charge in [-0.15, -0.1) is 0 Å². The van der Waals surface area contributed by atoms with Crippen LogP contribution in [0, 0.1) is 0 Å². The molecular weight excluding hydrogens is 242 g/mol. The molecule has 0 aliphatic rings. The van der Waals surface area contributed by atoms with E-state index < -0.39 is 6.10 Å². The number of nitrogens with one attached hydrogen (secondary N) is 1. The number of rotatable bonds is 6. The molecule has 0 amide bonds. The number of aliphatic hydroxyl groups excluding tert-OH is 1. The zero-order valence-corrected chi connectivity index (χ0v) is 12.4. The standard InChI is InChI=1S/C15H25NO3/c1-11(16-15(2,3)4)12(17)10-19-14-9-7-6-8-13(14)18-5/h6-9,11-12,16-17H,10H2,1-5H3. The summed E-state index contributed by atoms with van der Waals surface area (Å²) in [5.74, 6) is 1.32. The number of para-hydroxylation sites is 2. The second-order valence-electron chi connectivity index (χ2n) is 5.71. The molecule has 0 fully saturated rings. The van der Waals surface area contributed by atoms with E-state index in [2.05, 4.69) is 26.1 Å². The van der Waals surface area contributed by atoms with Crippen LogP contribution in [-0.2, 0) is 0 Å². The van der Waals surface area contributed by atoms with Gasteiger partial charge in [-0.3, -0.25) is 0 Å². The summed E-state index contributed by atoms with van der Waals surface area (Å²) in [6.07, 6.45) is -0.580. The van der Waals surface area contributed by atoms with Crippen molar-refractivity contribution in [2.75, 3.05) is 13.7 Å². The highest BCUT2D eigenvalue weighted by molar-refractivity contribution is 5.39. The molecule has 2 unspecified atom stereocenters. The SMILES string of the molecule is COc1ccccc1OCC(O)C(C)NC(C)(C)C. The number of aliphatic hydroxyl groups is 1. The highest BCUT2D eigenvalue weighted by atomic mass is 16.5. The first-order chi connectivity index (χ1) is 8.83. The summed E-state index contributed by atoms with van der Waals surface area (Å²) in [6.45, 7) is 8.37. The maximum Gasteiger partial charge on any atom is 0.161 e. The summed E-state index contributed by atoms with van der Waals surface area (Å²) < 4.78 is 10.8. The van der Waals surface area contributed by atoms with Gasteiger partial charge in [-0.2, -0.15) is 0 Å². The summed E-state index contributed by atoms with van der Waals surface area (Å²) in [7, 11) is 1.60. The number of ether oxygens (including phenoxy) is 2. The van der Waals surface area contributed by atoms with E-state index in [4.69, 9.17) is 9.47 Å². The highest BCUT2D eigenvalue weighted by Gasteiger charge is 2.20. The third-order valence-electron chi connectivity index (χ3n) is 2.72. The average Bonchev–Trinajstić information content (AvgIpc) is 2.34. The Morgan fingerprint density at radius 3 is 2.32 bits per heavy atom. The van der Waals surface area contributed by atoms with Crippen LogP contribution in [0.2, 0.25) is 0 Å². The van der Waals surface area contributed by atoms with Crippen molar-refractivity contribution in [1.29, 1.82) is 0 Å². The van der Waals surface area contributed by atoms with Crippen molar-refractivity contribution in [2.45, 2.75) is 45.4 Å². The van der Waals surface area contributed by atoms with Gasteiger partial charge in [0.25, 0.3) is 0 Å². The van der Waals surface area contributed by atoms with Crippen molar-refractivity contribution < 1.29 is 14.6 Å². The minimum absolute atomic E-state index is 0.0369. The third-order valence-corrected chi connectivity index (χ3v) is 2.72. The number of hydrogen-bond acceptors (Lipinski definition) is 4. The molecule has 0 aliphatic heterocycles. The van der Waals surface area contributed by atoms with Crippen LogP contribution in [0.5, 0.6) is 11.5 Å². The molecule has 0 saturated heterocycles. The molecule has 1 aromatic rings. The lowest BCUT2D eigenvalue weighted by molar-refractivity contribution is 0.0687. The van der Waals surface area contributed by atoms with Crippen molar-refractivity contribution in [3.05, 3.63) is 24.3 Å². The van der Waals surface area contributed by atoms with Gasteiger partial charge in [0.15, 0.2) is 11.5 Å². The Hall–Kier alpha value is -1.26. The van der Waals surface area contributed by atoms with Crippen LogP contribution in [0.4, 0.5) is 0 Å². The molecule has 108 valence electrons. The van der Waals surface area contributed by atoms with Crippen molar-refractivity contribution in [3.8, 4) is 11.5 Å². The minimum atomic E-state index is -0.580. The van der Waals surface area contributed by atoms with Crippen molar-refractivity contribution in [3.63, 3.8) is 0 Å². The second-order valence-corrected chi connectivity index (χ2v) is 5.71. The molecule has 2 atom stereocenters. The monoisotopic (exact) mass is 267 g/mol. The molecule has 4 nitrogen and oxygen atoms in total. The fourth-order valence-electron chi connectivity index (χ4n) is 1.84. The van der Waals surface area contributed by atoms with Crippen LogP contribution in [0.3, 0.4) is 0 Å². The summed E-state index contributed by atoms with van der Waals surface area (Å²) in [5, 5.41) is 13.4. The van der Waals surface area contributed by atoms with E-state index >= 15 is 0 Å². The lowest BCUT2D eigenvalue weighted by atomic mass is 10.1. The topological polar surface area (TPSA) is 50.7 Å². The number of benzene rings is 1. The fourth-order valence-corrected chi connectivity index (χ4v) is 1.84. The van der Waals surface area contributed by atoms with Crippen LogP contribution in [0.15, 0.2) is 24.3 Å². The van der Waals surface area contributed by atoms with E-state index in [1.807, 2.05) is 31.2 Å². The van der Waals surface area contributed by atoms with Gasteiger partial charge < -0.3 is 19.9 Å². The van der Waals surface area contributed by atoms with Gasteiger partial charge in [0.05, 0.1) is 7.11 Å². The van der Waals surface area contributed by atoms with Gasteiger partial charge in [-0.1, -0.05) is 12.1 Å². The predicted molar refractivity (Wildman–Crippen MR) is 76.8 cm³/mol. The minimum Gasteiger partial charge on any atom is -0.493 e. The molecule has 0 heterocycles. The molecule has 0 aromatic heterocycles. The average molecular weight is 267 g/mol. The molecule has 0 radical (unpaired) electrons. The van der Waals surface area contributed by atoms with Gasteiger partial charge in [-0.05, 0) is 39.8 Å². The fraction of sp³-hybridized carbons (Fsp3) is 0.600. The number of methoxy groups -OCH3 is 1. The first-order valence-corrected chi connectivity index (χ1v) is 6.55. The van der Waals surface area contributed by atoms with Crippen molar-refractivity contribution in [1.82, 2.24) is 5.32 Å². The van der Waals surface area contributed by atoms with E-state index in [1.54, 1.807) is 7.11 Å². The van der Waals surface area contributed by atoms with E-state index in [-0.39, 0.29) is 18.2 Å². The zero-order chi connectivity index (χ0) is 14.5. The molecule has 0 bridgehead atoms. The molecule has 2 N–H and O–H groups in total. The van der Waals surface area contributed by atoms with Gasteiger partial charge in [0.2, 0.25) is 0 Å². The van der Waals surface area contributed by atoms with E-state index in [0.29, 0.717) is 11.5 Å². The summed E-state index contributed by atoms with van der Waals surface area (Å²) in [6, 6.07) is 7.37. The molecule has 19 heavy (non-hydrogen) atoms. The largest absolute Gasteiger partial charge is 0.493 e. The Balaban J connectivity index is 2.52.